The Hall–Kier alpha value is -1.21. The van der Waals surface area contributed by atoms with Crippen LogP contribution in [0.3, 0.4) is 0 Å². The van der Waals surface area contributed by atoms with Crippen molar-refractivity contribution < 1.29 is 0 Å². The van der Waals surface area contributed by atoms with Gasteiger partial charge in [-0.15, -0.1) is 0 Å². The van der Waals surface area contributed by atoms with E-state index in [1.54, 1.807) is 0 Å². The Bertz CT molecular complexity index is 682. The van der Waals surface area contributed by atoms with E-state index in [1.165, 1.54) is 5.56 Å². The molecule has 3 rings (SSSR count). The van der Waals surface area contributed by atoms with E-state index >= 15 is 0 Å². The Morgan fingerprint density at radius 2 is 2.12 bits per heavy atom. The first-order valence-corrected chi connectivity index (χ1v) is 9.31. The first kappa shape index (κ1) is 17.6. The molecule has 2 aromatic rings. The van der Waals surface area contributed by atoms with Crippen LogP contribution in [0.4, 0.5) is 5.95 Å². The van der Waals surface area contributed by atoms with Gasteiger partial charge >= 0.3 is 0 Å². The molecular weight excluding hydrogens is 390 g/mol. The number of nitrogens with one attached hydrogen (secondary N) is 2. The molecule has 0 saturated carbocycles. The van der Waals surface area contributed by atoms with Crippen molar-refractivity contribution in [3.63, 3.8) is 0 Å². The van der Waals surface area contributed by atoms with Crippen LogP contribution in [0.5, 0.6) is 0 Å². The average molecular weight is 411 g/mol. The van der Waals surface area contributed by atoms with E-state index in [0.29, 0.717) is 11.1 Å². The third-order valence-corrected chi connectivity index (χ3v) is 5.35. The highest BCUT2D eigenvalue weighted by Gasteiger charge is 2.28. The monoisotopic (exact) mass is 409 g/mol. The van der Waals surface area contributed by atoms with E-state index < -0.39 is 0 Å². The predicted molar refractivity (Wildman–Crippen MR) is 101 cm³/mol. The van der Waals surface area contributed by atoms with Gasteiger partial charge in [0, 0.05) is 32.7 Å². The lowest BCUT2D eigenvalue weighted by Gasteiger charge is -2.36. The molecule has 1 aromatic heterocycles. The highest BCUT2D eigenvalue weighted by Crippen LogP contribution is 2.33. The van der Waals surface area contributed by atoms with Gasteiger partial charge in [-0.05, 0) is 28.4 Å². The van der Waals surface area contributed by atoms with Crippen LogP contribution in [0, 0.1) is 0 Å². The topological polar surface area (TPSA) is 53.1 Å². The Balaban J connectivity index is 1.90. The Morgan fingerprint density at radius 3 is 2.88 bits per heavy atom. The van der Waals surface area contributed by atoms with E-state index in [2.05, 4.69) is 60.7 Å². The minimum Gasteiger partial charge on any atom is -0.354 e. The highest BCUT2D eigenvalue weighted by molar-refractivity contribution is 9.10. The molecule has 1 saturated heterocycles. The van der Waals surface area contributed by atoms with Gasteiger partial charge in [-0.25, -0.2) is 4.98 Å². The van der Waals surface area contributed by atoms with Crippen molar-refractivity contribution in [2.24, 2.45) is 0 Å². The van der Waals surface area contributed by atoms with Gasteiger partial charge in [0.15, 0.2) is 0 Å². The molecule has 2 heterocycles. The Labute approximate surface area is 156 Å². The summed E-state index contributed by atoms with van der Waals surface area (Å²) in [6.45, 7) is 6.43. The molecule has 1 atom stereocenters. The van der Waals surface area contributed by atoms with Crippen molar-refractivity contribution in [1.29, 1.82) is 0 Å². The standard InChI is InChI=1S/C17H21BrClN5/c1-2-21-17-22-15(14(18)16(19)23-17)13-10-20-8-9-24(13)11-12-6-4-3-5-7-12/h3-7,13,20H,2,8-11H2,1H3,(H,21,22,23). The first-order valence-electron chi connectivity index (χ1n) is 8.14. The number of aromatic nitrogens is 2. The summed E-state index contributed by atoms with van der Waals surface area (Å²) in [6.07, 6.45) is 0. The van der Waals surface area contributed by atoms with Gasteiger partial charge in [0.2, 0.25) is 5.95 Å². The van der Waals surface area contributed by atoms with E-state index in [4.69, 9.17) is 16.6 Å². The molecule has 0 aliphatic carbocycles. The molecule has 1 fully saturated rings. The third-order valence-electron chi connectivity index (χ3n) is 4.07. The minimum absolute atomic E-state index is 0.145. The largest absolute Gasteiger partial charge is 0.354 e. The Morgan fingerprint density at radius 1 is 1.33 bits per heavy atom. The van der Waals surface area contributed by atoms with E-state index in [1.807, 2.05) is 13.0 Å². The quantitative estimate of drug-likeness (QED) is 0.739. The SMILES string of the molecule is CCNc1nc(Cl)c(Br)c(C2CNCCN2Cc2ccccc2)n1. The van der Waals surface area contributed by atoms with Crippen LogP contribution >= 0.6 is 27.5 Å². The first-order chi connectivity index (χ1) is 11.7. The molecular formula is C17H21BrClN5. The second kappa shape index (κ2) is 8.25. The number of hydrogen-bond donors (Lipinski definition) is 2. The van der Waals surface area contributed by atoms with Crippen LogP contribution < -0.4 is 10.6 Å². The number of nitrogens with zero attached hydrogens (tertiary/aromatic N) is 3. The van der Waals surface area contributed by atoms with Crippen LogP contribution in [0.2, 0.25) is 5.15 Å². The fraction of sp³-hybridized carbons (Fsp3) is 0.412. The van der Waals surface area contributed by atoms with Crippen LogP contribution in [0.15, 0.2) is 34.8 Å². The maximum absolute atomic E-state index is 6.30. The molecule has 7 heteroatoms. The number of anilines is 1. The zero-order chi connectivity index (χ0) is 16.9. The number of benzene rings is 1. The van der Waals surface area contributed by atoms with Crippen molar-refractivity contribution in [1.82, 2.24) is 20.2 Å². The lowest BCUT2D eigenvalue weighted by Crippen LogP contribution is -2.46. The molecule has 1 unspecified atom stereocenters. The fourth-order valence-corrected chi connectivity index (χ4v) is 3.54. The summed E-state index contributed by atoms with van der Waals surface area (Å²) >= 11 is 9.88. The van der Waals surface area contributed by atoms with E-state index in [9.17, 15) is 0 Å². The molecule has 5 nitrogen and oxygen atoms in total. The smallest absolute Gasteiger partial charge is 0.224 e. The number of rotatable bonds is 5. The second-order valence-electron chi connectivity index (χ2n) is 5.74. The van der Waals surface area contributed by atoms with Crippen LogP contribution in [-0.2, 0) is 6.54 Å². The summed E-state index contributed by atoms with van der Waals surface area (Å²) in [5, 5.41) is 7.06. The summed E-state index contributed by atoms with van der Waals surface area (Å²) in [7, 11) is 0. The molecule has 0 spiro atoms. The van der Waals surface area contributed by atoms with Gasteiger partial charge in [0.05, 0.1) is 16.2 Å². The second-order valence-corrected chi connectivity index (χ2v) is 6.89. The van der Waals surface area contributed by atoms with Gasteiger partial charge in [-0.1, -0.05) is 41.9 Å². The van der Waals surface area contributed by atoms with Crippen LogP contribution in [0.25, 0.3) is 0 Å². The predicted octanol–water partition coefficient (Wildman–Crippen LogP) is 3.47. The van der Waals surface area contributed by atoms with Crippen molar-refractivity contribution in [3.05, 3.63) is 51.2 Å². The number of piperazine rings is 1. The van der Waals surface area contributed by atoms with Gasteiger partial charge in [-0.3, -0.25) is 4.90 Å². The summed E-state index contributed by atoms with van der Waals surface area (Å²) in [5.41, 5.74) is 2.22. The number of hydrogen-bond acceptors (Lipinski definition) is 5. The van der Waals surface area contributed by atoms with Crippen molar-refractivity contribution in [2.45, 2.75) is 19.5 Å². The maximum atomic E-state index is 6.30. The van der Waals surface area contributed by atoms with E-state index in [0.717, 1.165) is 42.9 Å². The van der Waals surface area contributed by atoms with Gasteiger partial charge < -0.3 is 10.6 Å². The summed E-state index contributed by atoms with van der Waals surface area (Å²) < 4.78 is 0.776. The maximum Gasteiger partial charge on any atom is 0.224 e. The fourth-order valence-electron chi connectivity index (χ4n) is 2.92. The normalized spacial score (nSPS) is 18.5. The lowest BCUT2D eigenvalue weighted by atomic mass is 10.1. The molecule has 128 valence electrons. The molecule has 1 aliphatic heterocycles. The molecule has 0 amide bonds. The zero-order valence-corrected chi connectivity index (χ0v) is 15.9. The van der Waals surface area contributed by atoms with E-state index in [-0.39, 0.29) is 6.04 Å². The van der Waals surface area contributed by atoms with Gasteiger partial charge in [0.25, 0.3) is 0 Å². The average Bonchev–Trinajstić information content (AvgIpc) is 2.60. The lowest BCUT2D eigenvalue weighted by molar-refractivity contribution is 0.150. The summed E-state index contributed by atoms with van der Waals surface area (Å²) in [4.78, 5) is 11.4. The highest BCUT2D eigenvalue weighted by atomic mass is 79.9. The Kier molecular flexibility index (Phi) is 6.05. The van der Waals surface area contributed by atoms with Gasteiger partial charge in [0.1, 0.15) is 5.15 Å². The summed E-state index contributed by atoms with van der Waals surface area (Å²) in [6, 6.07) is 10.7. The summed E-state index contributed by atoms with van der Waals surface area (Å²) in [5.74, 6) is 0.575. The molecule has 1 aromatic carbocycles. The third kappa shape index (κ3) is 4.06. The molecule has 2 N–H and O–H groups in total. The van der Waals surface area contributed by atoms with Gasteiger partial charge in [-0.2, -0.15) is 4.98 Å². The molecule has 0 bridgehead atoms. The van der Waals surface area contributed by atoms with Crippen LogP contribution in [-0.4, -0.2) is 41.0 Å². The zero-order valence-electron chi connectivity index (χ0n) is 13.6. The minimum atomic E-state index is 0.145. The van der Waals surface area contributed by atoms with Crippen molar-refractivity contribution in [3.8, 4) is 0 Å². The van der Waals surface area contributed by atoms with Crippen molar-refractivity contribution in [2.75, 3.05) is 31.5 Å². The van der Waals surface area contributed by atoms with Crippen LogP contribution in [0.1, 0.15) is 24.2 Å². The van der Waals surface area contributed by atoms with Crippen molar-refractivity contribution >= 4 is 33.5 Å². The number of halogens is 2. The molecule has 1 aliphatic rings. The molecule has 0 radical (unpaired) electrons. The molecule has 24 heavy (non-hydrogen) atoms.